The summed E-state index contributed by atoms with van der Waals surface area (Å²) in [7, 11) is 0. The number of Topliss-reactive ketones (excluding diaryl/α,β-unsaturated/α-hetero) is 1. The highest BCUT2D eigenvalue weighted by atomic mass is 35.5. The van der Waals surface area contributed by atoms with Crippen LogP contribution in [0.5, 0.6) is 0 Å². The number of nitriles is 1. The summed E-state index contributed by atoms with van der Waals surface area (Å²) in [6.07, 6.45) is -2.65. The number of benzene rings is 1. The molecule has 0 fully saturated rings. The molecule has 0 saturated carbocycles. The Hall–Kier alpha value is -1.47. The highest BCUT2D eigenvalue weighted by Crippen LogP contribution is 2.28. The molecule has 0 amide bonds. The molecule has 1 aromatic carbocycles. The van der Waals surface area contributed by atoms with E-state index in [0.29, 0.717) is 0 Å². The molecular weight excluding hydrogens is 236 g/mol. The fourth-order valence-corrected chi connectivity index (χ4v) is 1.44. The van der Waals surface area contributed by atoms with E-state index in [4.69, 9.17) is 16.9 Å². The first-order valence-corrected chi connectivity index (χ1v) is 4.87. The molecule has 0 bridgehead atoms. The summed E-state index contributed by atoms with van der Waals surface area (Å²) in [4.78, 5) is 11.0. The maximum Gasteiger partial charge on any atom is 0.263 e. The molecule has 0 N–H and O–H groups in total. The monoisotopic (exact) mass is 243 g/mol. The van der Waals surface area contributed by atoms with E-state index < -0.39 is 11.8 Å². The number of hydrogen-bond acceptors (Lipinski definition) is 2. The average molecular weight is 244 g/mol. The van der Waals surface area contributed by atoms with Gasteiger partial charge in [0.2, 0.25) is 0 Å². The molecular formula is C11H8ClF2NO. The van der Waals surface area contributed by atoms with Crippen LogP contribution >= 0.6 is 11.6 Å². The van der Waals surface area contributed by atoms with Crippen LogP contribution in [0.15, 0.2) is 18.2 Å². The van der Waals surface area contributed by atoms with E-state index in [1.165, 1.54) is 19.1 Å². The van der Waals surface area contributed by atoms with Gasteiger partial charge in [-0.05, 0) is 18.6 Å². The third-order valence-corrected chi connectivity index (χ3v) is 2.62. The molecule has 5 heteroatoms. The second-order valence-corrected chi connectivity index (χ2v) is 3.67. The van der Waals surface area contributed by atoms with Crippen molar-refractivity contribution >= 4 is 17.4 Å². The summed E-state index contributed by atoms with van der Waals surface area (Å²) >= 11 is 5.77. The van der Waals surface area contributed by atoms with Crippen LogP contribution in [0.3, 0.4) is 0 Å². The zero-order chi connectivity index (χ0) is 12.3. The Balaban J connectivity index is 3.23. The quantitative estimate of drug-likeness (QED) is 0.764. The lowest BCUT2D eigenvalue weighted by Gasteiger charge is -2.09. The predicted molar refractivity (Wildman–Crippen MR) is 55.4 cm³/mol. The minimum atomic E-state index is -2.65. The second-order valence-electron chi connectivity index (χ2n) is 3.23. The summed E-state index contributed by atoms with van der Waals surface area (Å²) in [5, 5.41) is 7.82. The number of carbonyl (C=O) groups excluding carboxylic acids is 1. The Morgan fingerprint density at radius 3 is 2.56 bits per heavy atom. The van der Waals surface area contributed by atoms with Crippen molar-refractivity contribution in [2.75, 3.05) is 0 Å². The van der Waals surface area contributed by atoms with E-state index in [2.05, 4.69) is 0 Å². The van der Waals surface area contributed by atoms with E-state index in [0.717, 1.165) is 6.07 Å². The normalized spacial score (nSPS) is 12.2. The second kappa shape index (κ2) is 5.04. The lowest BCUT2D eigenvalue weighted by atomic mass is 10.0. The number of ketones is 1. The molecule has 0 aromatic heterocycles. The van der Waals surface area contributed by atoms with Gasteiger partial charge in [0, 0.05) is 5.56 Å². The van der Waals surface area contributed by atoms with Crippen molar-refractivity contribution in [3.8, 4) is 6.07 Å². The van der Waals surface area contributed by atoms with Gasteiger partial charge < -0.3 is 0 Å². The van der Waals surface area contributed by atoms with Gasteiger partial charge in [0.15, 0.2) is 5.78 Å². The fraction of sp³-hybridized carbons (Fsp3) is 0.273. The van der Waals surface area contributed by atoms with Crippen molar-refractivity contribution in [1.82, 2.24) is 0 Å². The standard InChI is InChI=1S/C11H8ClF2NO/c1-6(16)10(12)9-3-2-7(11(13)14)4-8(9)5-15/h2-4,10-11H,1H3. The first-order valence-electron chi connectivity index (χ1n) is 4.44. The zero-order valence-corrected chi connectivity index (χ0v) is 9.13. The van der Waals surface area contributed by atoms with Gasteiger partial charge >= 0.3 is 0 Å². The Labute approximate surface area is 96.4 Å². The number of hydrogen-bond donors (Lipinski definition) is 0. The maximum absolute atomic E-state index is 12.4. The van der Waals surface area contributed by atoms with Gasteiger partial charge in [-0.15, -0.1) is 11.6 Å². The molecule has 0 saturated heterocycles. The van der Waals surface area contributed by atoms with Gasteiger partial charge in [-0.1, -0.05) is 12.1 Å². The molecule has 16 heavy (non-hydrogen) atoms. The van der Waals surface area contributed by atoms with Crippen LogP contribution in [0.2, 0.25) is 0 Å². The van der Waals surface area contributed by atoms with Crippen molar-refractivity contribution in [3.63, 3.8) is 0 Å². The molecule has 1 atom stereocenters. The third-order valence-electron chi connectivity index (χ3n) is 2.08. The van der Waals surface area contributed by atoms with Crippen LogP contribution < -0.4 is 0 Å². The first kappa shape index (κ1) is 12.6. The van der Waals surface area contributed by atoms with Crippen LogP contribution in [0.1, 0.15) is 35.4 Å². The molecule has 1 aromatic rings. The van der Waals surface area contributed by atoms with Gasteiger partial charge in [-0.25, -0.2) is 8.78 Å². The summed E-state index contributed by atoms with van der Waals surface area (Å²) in [5.74, 6) is -0.331. The van der Waals surface area contributed by atoms with Gasteiger partial charge in [0.25, 0.3) is 6.43 Å². The van der Waals surface area contributed by atoms with Crippen LogP contribution in [-0.2, 0) is 4.79 Å². The van der Waals surface area contributed by atoms with E-state index in [9.17, 15) is 13.6 Å². The third kappa shape index (κ3) is 2.56. The molecule has 1 rings (SSSR count). The lowest BCUT2D eigenvalue weighted by molar-refractivity contribution is -0.116. The molecule has 2 nitrogen and oxygen atoms in total. The van der Waals surface area contributed by atoms with Crippen molar-refractivity contribution < 1.29 is 13.6 Å². The average Bonchev–Trinajstić information content (AvgIpc) is 2.26. The highest BCUT2D eigenvalue weighted by Gasteiger charge is 2.19. The molecule has 0 aliphatic carbocycles. The number of carbonyl (C=O) groups is 1. The van der Waals surface area contributed by atoms with E-state index in [-0.39, 0.29) is 22.5 Å². The highest BCUT2D eigenvalue weighted by molar-refractivity contribution is 6.31. The molecule has 0 spiro atoms. The van der Waals surface area contributed by atoms with Crippen LogP contribution in [0.4, 0.5) is 8.78 Å². The van der Waals surface area contributed by atoms with Gasteiger partial charge in [0.05, 0.1) is 11.6 Å². The van der Waals surface area contributed by atoms with E-state index in [1.807, 2.05) is 0 Å². The Morgan fingerprint density at radius 2 is 2.12 bits per heavy atom. The van der Waals surface area contributed by atoms with Crippen molar-refractivity contribution in [2.45, 2.75) is 18.7 Å². The Bertz CT molecular complexity index is 454. The molecule has 0 heterocycles. The molecule has 0 radical (unpaired) electrons. The molecule has 0 aliphatic rings. The summed E-state index contributed by atoms with van der Waals surface area (Å²) in [5.41, 5.74) is 0.0155. The SMILES string of the molecule is CC(=O)C(Cl)c1ccc(C(F)F)cc1C#N. The topological polar surface area (TPSA) is 40.9 Å². The van der Waals surface area contributed by atoms with Crippen molar-refractivity contribution in [1.29, 1.82) is 5.26 Å². The van der Waals surface area contributed by atoms with E-state index >= 15 is 0 Å². The van der Waals surface area contributed by atoms with Crippen LogP contribution in [0.25, 0.3) is 0 Å². The van der Waals surface area contributed by atoms with Crippen molar-refractivity contribution in [3.05, 3.63) is 34.9 Å². The lowest BCUT2D eigenvalue weighted by Crippen LogP contribution is -2.04. The minimum Gasteiger partial charge on any atom is -0.298 e. The molecule has 84 valence electrons. The summed E-state index contributed by atoms with van der Waals surface area (Å²) in [6.45, 7) is 1.28. The van der Waals surface area contributed by atoms with Crippen molar-refractivity contribution in [2.24, 2.45) is 0 Å². The largest absolute Gasteiger partial charge is 0.298 e. The smallest absolute Gasteiger partial charge is 0.263 e. The number of nitrogens with zero attached hydrogens (tertiary/aromatic N) is 1. The van der Waals surface area contributed by atoms with Crippen LogP contribution in [-0.4, -0.2) is 5.78 Å². The number of rotatable bonds is 3. The fourth-order valence-electron chi connectivity index (χ4n) is 1.25. The first-order chi connectivity index (χ1) is 7.47. The number of alkyl halides is 3. The van der Waals surface area contributed by atoms with Gasteiger partial charge in [-0.2, -0.15) is 5.26 Å². The maximum atomic E-state index is 12.4. The van der Waals surface area contributed by atoms with E-state index in [1.54, 1.807) is 6.07 Å². The summed E-state index contributed by atoms with van der Waals surface area (Å²) in [6, 6.07) is 5.27. The number of halogens is 3. The Morgan fingerprint density at radius 1 is 1.50 bits per heavy atom. The molecule has 0 aliphatic heterocycles. The zero-order valence-electron chi connectivity index (χ0n) is 8.38. The predicted octanol–water partition coefficient (Wildman–Crippen LogP) is 3.36. The molecule has 1 unspecified atom stereocenters. The van der Waals surface area contributed by atoms with Crippen LogP contribution in [0, 0.1) is 11.3 Å². The van der Waals surface area contributed by atoms with Gasteiger partial charge in [-0.3, -0.25) is 4.79 Å². The Kier molecular flexibility index (Phi) is 3.97. The summed E-state index contributed by atoms with van der Waals surface area (Å²) < 4.78 is 24.7. The van der Waals surface area contributed by atoms with Gasteiger partial charge in [0.1, 0.15) is 5.38 Å². The minimum absolute atomic E-state index is 0.00741.